The summed E-state index contributed by atoms with van der Waals surface area (Å²) in [5.74, 6) is -2.88. The van der Waals surface area contributed by atoms with Gasteiger partial charge in [-0.1, -0.05) is 44.2 Å². The largest absolute Gasteiger partial charge is 0.480 e. The van der Waals surface area contributed by atoms with Crippen LogP contribution in [0.1, 0.15) is 45.6 Å². The molecule has 200 valence electrons. The Morgan fingerprint density at radius 2 is 1.53 bits per heavy atom. The standard InChI is InChI=1S/C24H39N7O5/c1-14(2)12-17(25)21(33)31-19(13-16-8-5-4-6-9-16)22(34)29-15(3)20(32)30-18(23(35)36)10-7-11-28-24(26)27/h4-6,8-9,14-15,17-19H,7,10-13,25H2,1-3H3,(H,29,34)(H,30,32)(H,31,33)(H,35,36)(H4,26,27,28). The van der Waals surface area contributed by atoms with E-state index in [0.29, 0.717) is 12.8 Å². The Balaban J connectivity index is 2.84. The molecule has 3 amide bonds. The van der Waals surface area contributed by atoms with Crippen molar-refractivity contribution >= 4 is 29.7 Å². The minimum atomic E-state index is -1.22. The molecule has 10 N–H and O–H groups in total. The van der Waals surface area contributed by atoms with Crippen molar-refractivity contribution in [1.82, 2.24) is 16.0 Å². The first-order chi connectivity index (χ1) is 16.9. The first kappa shape index (κ1) is 30.4. The third kappa shape index (κ3) is 11.6. The van der Waals surface area contributed by atoms with Gasteiger partial charge in [0.25, 0.3) is 0 Å². The molecule has 0 spiro atoms. The molecule has 12 heteroatoms. The molecule has 0 fully saturated rings. The van der Waals surface area contributed by atoms with Crippen LogP contribution in [0.25, 0.3) is 0 Å². The molecule has 1 aromatic carbocycles. The molecule has 0 aromatic heterocycles. The van der Waals surface area contributed by atoms with Gasteiger partial charge in [-0.25, -0.2) is 4.79 Å². The van der Waals surface area contributed by atoms with E-state index in [9.17, 15) is 24.3 Å². The van der Waals surface area contributed by atoms with Crippen molar-refractivity contribution in [1.29, 1.82) is 0 Å². The average Bonchev–Trinajstić information content (AvgIpc) is 2.80. The van der Waals surface area contributed by atoms with Crippen molar-refractivity contribution in [2.45, 2.75) is 70.6 Å². The second-order valence-electron chi connectivity index (χ2n) is 9.07. The van der Waals surface area contributed by atoms with E-state index in [2.05, 4.69) is 20.9 Å². The molecule has 0 radical (unpaired) electrons. The van der Waals surface area contributed by atoms with Gasteiger partial charge in [0.05, 0.1) is 6.04 Å². The van der Waals surface area contributed by atoms with Crippen LogP contribution in [0.5, 0.6) is 0 Å². The van der Waals surface area contributed by atoms with E-state index in [1.165, 1.54) is 6.92 Å². The first-order valence-electron chi connectivity index (χ1n) is 11.9. The van der Waals surface area contributed by atoms with Gasteiger partial charge in [0.2, 0.25) is 17.7 Å². The van der Waals surface area contributed by atoms with Gasteiger partial charge >= 0.3 is 5.97 Å². The topological polar surface area (TPSA) is 215 Å². The van der Waals surface area contributed by atoms with Gasteiger partial charge in [-0.15, -0.1) is 0 Å². The number of carboxylic acid groups (broad SMARTS) is 1. The summed E-state index contributed by atoms with van der Waals surface area (Å²) in [5.41, 5.74) is 17.3. The molecule has 4 unspecified atom stereocenters. The Hall–Kier alpha value is -3.67. The first-order valence-corrected chi connectivity index (χ1v) is 11.9. The summed E-state index contributed by atoms with van der Waals surface area (Å²) in [7, 11) is 0. The zero-order valence-electron chi connectivity index (χ0n) is 21.1. The predicted molar refractivity (Wildman–Crippen MR) is 137 cm³/mol. The van der Waals surface area contributed by atoms with Crippen LogP contribution in [0, 0.1) is 5.92 Å². The van der Waals surface area contributed by atoms with Crippen LogP contribution >= 0.6 is 0 Å². The van der Waals surface area contributed by atoms with Crippen LogP contribution in [0.4, 0.5) is 0 Å². The fourth-order valence-corrected chi connectivity index (χ4v) is 3.39. The van der Waals surface area contributed by atoms with Crippen LogP contribution in [-0.4, -0.2) is 65.5 Å². The number of carboxylic acids is 1. The number of nitrogens with zero attached hydrogens (tertiary/aromatic N) is 1. The average molecular weight is 506 g/mol. The number of nitrogens with one attached hydrogen (secondary N) is 3. The number of carbonyl (C=O) groups is 4. The Kier molecular flexibility index (Phi) is 12.9. The van der Waals surface area contributed by atoms with Gasteiger partial charge in [0.1, 0.15) is 18.1 Å². The van der Waals surface area contributed by atoms with E-state index in [0.717, 1.165) is 5.56 Å². The van der Waals surface area contributed by atoms with E-state index >= 15 is 0 Å². The van der Waals surface area contributed by atoms with E-state index in [4.69, 9.17) is 17.2 Å². The highest BCUT2D eigenvalue weighted by molar-refractivity contribution is 5.94. The highest BCUT2D eigenvalue weighted by atomic mass is 16.4. The van der Waals surface area contributed by atoms with Crippen molar-refractivity contribution < 1.29 is 24.3 Å². The lowest BCUT2D eigenvalue weighted by Crippen LogP contribution is -2.57. The number of aliphatic imine (C=N–C) groups is 1. The number of aliphatic carboxylic acids is 1. The maximum atomic E-state index is 13.0. The normalized spacial score (nSPS) is 14.1. The number of guanidine groups is 1. The maximum Gasteiger partial charge on any atom is 0.326 e. The Morgan fingerprint density at radius 3 is 2.08 bits per heavy atom. The van der Waals surface area contributed by atoms with Crippen molar-refractivity contribution in [3.63, 3.8) is 0 Å². The quantitative estimate of drug-likeness (QED) is 0.0908. The zero-order valence-corrected chi connectivity index (χ0v) is 21.1. The van der Waals surface area contributed by atoms with E-state index in [1.807, 2.05) is 44.2 Å². The van der Waals surface area contributed by atoms with Gasteiger partial charge in [0, 0.05) is 13.0 Å². The minimum Gasteiger partial charge on any atom is -0.480 e. The van der Waals surface area contributed by atoms with Crippen LogP contribution in [-0.2, 0) is 25.6 Å². The minimum absolute atomic E-state index is 0.0962. The van der Waals surface area contributed by atoms with Gasteiger partial charge in [-0.2, -0.15) is 0 Å². The summed E-state index contributed by atoms with van der Waals surface area (Å²) in [4.78, 5) is 53.6. The lowest BCUT2D eigenvalue weighted by molar-refractivity contribution is -0.142. The molecule has 0 heterocycles. The lowest BCUT2D eigenvalue weighted by Gasteiger charge is -2.24. The summed E-state index contributed by atoms with van der Waals surface area (Å²) < 4.78 is 0. The molecular weight excluding hydrogens is 466 g/mol. The number of benzene rings is 1. The molecule has 4 atom stereocenters. The molecule has 0 saturated heterocycles. The molecule has 0 bridgehead atoms. The summed E-state index contributed by atoms with van der Waals surface area (Å²) in [5, 5.41) is 17.1. The van der Waals surface area contributed by atoms with Crippen molar-refractivity contribution in [3.8, 4) is 0 Å². The van der Waals surface area contributed by atoms with Gasteiger partial charge in [0.15, 0.2) is 5.96 Å². The monoisotopic (exact) mass is 505 g/mol. The second-order valence-corrected chi connectivity index (χ2v) is 9.07. The summed E-state index contributed by atoms with van der Waals surface area (Å²) in [6.07, 6.45) is 1.06. The smallest absolute Gasteiger partial charge is 0.326 e. The summed E-state index contributed by atoms with van der Waals surface area (Å²) in [6, 6.07) is 5.08. The van der Waals surface area contributed by atoms with Crippen LogP contribution in [0.15, 0.2) is 35.3 Å². The molecule has 1 aromatic rings. The van der Waals surface area contributed by atoms with Crippen LogP contribution in [0.2, 0.25) is 0 Å². The molecule has 0 aliphatic carbocycles. The predicted octanol–water partition coefficient (Wildman–Crippen LogP) is -0.785. The fourth-order valence-electron chi connectivity index (χ4n) is 3.39. The third-order valence-corrected chi connectivity index (χ3v) is 5.29. The van der Waals surface area contributed by atoms with Gasteiger partial charge in [-0.3, -0.25) is 19.4 Å². The maximum absolute atomic E-state index is 13.0. The number of amides is 3. The Labute approximate surface area is 211 Å². The Bertz CT molecular complexity index is 903. The Morgan fingerprint density at radius 1 is 0.917 bits per heavy atom. The number of nitrogens with two attached hydrogens (primary N) is 3. The highest BCUT2D eigenvalue weighted by Gasteiger charge is 2.28. The molecule has 0 aliphatic rings. The highest BCUT2D eigenvalue weighted by Crippen LogP contribution is 2.07. The van der Waals surface area contributed by atoms with Gasteiger partial charge in [-0.05, 0) is 37.7 Å². The number of hydrogen-bond acceptors (Lipinski definition) is 6. The molecule has 0 aliphatic heterocycles. The van der Waals surface area contributed by atoms with E-state index in [-0.39, 0.29) is 31.3 Å². The number of rotatable bonds is 15. The zero-order chi connectivity index (χ0) is 27.3. The van der Waals surface area contributed by atoms with Crippen molar-refractivity contribution in [2.24, 2.45) is 28.1 Å². The van der Waals surface area contributed by atoms with E-state index in [1.54, 1.807) is 0 Å². The SMILES string of the molecule is CC(C)CC(N)C(=O)NC(Cc1ccccc1)C(=O)NC(C)C(=O)NC(CCCN=C(N)N)C(=O)O. The van der Waals surface area contributed by atoms with Gasteiger partial charge < -0.3 is 38.3 Å². The molecule has 12 nitrogen and oxygen atoms in total. The molecule has 1 rings (SSSR count). The number of hydrogen-bond donors (Lipinski definition) is 7. The van der Waals surface area contributed by atoms with Crippen LogP contribution < -0.4 is 33.2 Å². The fraction of sp³-hybridized carbons (Fsp3) is 0.542. The van der Waals surface area contributed by atoms with Crippen LogP contribution in [0.3, 0.4) is 0 Å². The summed E-state index contributed by atoms with van der Waals surface area (Å²) >= 11 is 0. The molecule has 36 heavy (non-hydrogen) atoms. The van der Waals surface area contributed by atoms with Crippen molar-refractivity contribution in [3.05, 3.63) is 35.9 Å². The van der Waals surface area contributed by atoms with E-state index < -0.39 is 47.9 Å². The molecular formula is C24H39N7O5. The second kappa shape index (κ2) is 15.4. The van der Waals surface area contributed by atoms with Crippen molar-refractivity contribution in [2.75, 3.05) is 6.54 Å². The summed E-state index contributed by atoms with van der Waals surface area (Å²) in [6.45, 7) is 5.52. The third-order valence-electron chi connectivity index (χ3n) is 5.29. The number of carbonyl (C=O) groups excluding carboxylic acids is 3. The lowest BCUT2D eigenvalue weighted by atomic mass is 10.0. The molecule has 0 saturated carbocycles.